The number of nitrogens with two attached hydrogens (primary N) is 1. The molecule has 1 aromatic rings. The van der Waals surface area contributed by atoms with Crippen molar-refractivity contribution in [1.29, 1.82) is 0 Å². The summed E-state index contributed by atoms with van der Waals surface area (Å²) in [6.07, 6.45) is -0.0111. The monoisotopic (exact) mass is 284 g/mol. The Morgan fingerprint density at radius 3 is 2.60 bits per heavy atom. The number of rotatable bonds is 8. The van der Waals surface area contributed by atoms with E-state index in [2.05, 4.69) is 0 Å². The molecule has 0 aromatic heterocycles. The number of carbonyl (C=O) groups excluding carboxylic acids is 1. The van der Waals surface area contributed by atoms with Crippen LogP contribution < -0.4 is 10.5 Å². The number of nitrogens with zero attached hydrogens (tertiary/aromatic N) is 1. The second kappa shape index (κ2) is 8.50. The Hall–Kier alpha value is -1.66. The molecule has 0 spiro atoms. The van der Waals surface area contributed by atoms with Gasteiger partial charge in [-0.15, -0.1) is 0 Å². The van der Waals surface area contributed by atoms with E-state index < -0.39 is 0 Å². The first-order chi connectivity index (χ1) is 9.56. The second-order valence-corrected chi connectivity index (χ2v) is 4.42. The van der Waals surface area contributed by atoms with Gasteiger partial charge >= 0.3 is 0 Å². The molecule has 20 heavy (non-hydrogen) atoms. The van der Waals surface area contributed by atoms with Crippen LogP contribution in [0.1, 0.15) is 6.42 Å². The van der Waals surface area contributed by atoms with E-state index in [0.717, 1.165) is 0 Å². The van der Waals surface area contributed by atoms with Gasteiger partial charge in [0.15, 0.2) is 0 Å². The van der Waals surface area contributed by atoms with Gasteiger partial charge in [-0.25, -0.2) is 4.39 Å². The largest absolute Gasteiger partial charge is 0.492 e. The zero-order valence-corrected chi connectivity index (χ0v) is 11.8. The van der Waals surface area contributed by atoms with Crippen molar-refractivity contribution in [2.75, 3.05) is 33.9 Å². The van der Waals surface area contributed by atoms with Gasteiger partial charge in [0.25, 0.3) is 0 Å². The number of amides is 1. The Morgan fingerprint density at radius 1 is 1.40 bits per heavy atom. The van der Waals surface area contributed by atoms with Gasteiger partial charge in [0.05, 0.1) is 19.1 Å². The lowest BCUT2D eigenvalue weighted by Gasteiger charge is -2.20. The summed E-state index contributed by atoms with van der Waals surface area (Å²) in [5.74, 6) is 0.214. The van der Waals surface area contributed by atoms with Crippen molar-refractivity contribution in [3.8, 4) is 5.75 Å². The SMILES string of the molecule is COC(CN)CC(=O)N(C)CCOc1ccc(F)cc1. The van der Waals surface area contributed by atoms with E-state index in [1.165, 1.54) is 19.2 Å². The minimum absolute atomic E-state index is 0.0509. The first kappa shape index (κ1) is 16.4. The first-order valence-electron chi connectivity index (χ1n) is 6.42. The van der Waals surface area contributed by atoms with Crippen LogP contribution >= 0.6 is 0 Å². The molecule has 0 aliphatic carbocycles. The van der Waals surface area contributed by atoms with Crippen LogP contribution in [-0.4, -0.2) is 50.8 Å². The van der Waals surface area contributed by atoms with Crippen molar-refractivity contribution in [3.05, 3.63) is 30.1 Å². The molecule has 0 saturated heterocycles. The van der Waals surface area contributed by atoms with E-state index in [1.54, 1.807) is 24.1 Å². The van der Waals surface area contributed by atoms with Crippen LogP contribution in [-0.2, 0) is 9.53 Å². The average molecular weight is 284 g/mol. The average Bonchev–Trinajstić information content (AvgIpc) is 2.46. The number of benzene rings is 1. The van der Waals surface area contributed by atoms with Crippen molar-refractivity contribution in [1.82, 2.24) is 4.90 Å². The summed E-state index contributed by atoms with van der Waals surface area (Å²) in [6, 6.07) is 5.75. The molecule has 1 rings (SSSR count). The normalized spacial score (nSPS) is 12.0. The lowest BCUT2D eigenvalue weighted by molar-refractivity contribution is -0.132. The number of hydrogen-bond donors (Lipinski definition) is 1. The van der Waals surface area contributed by atoms with Gasteiger partial charge in [0.2, 0.25) is 5.91 Å². The maximum Gasteiger partial charge on any atom is 0.225 e. The van der Waals surface area contributed by atoms with Crippen LogP contribution in [0.2, 0.25) is 0 Å². The van der Waals surface area contributed by atoms with Gasteiger partial charge in [-0.3, -0.25) is 4.79 Å². The Bertz CT molecular complexity index is 407. The summed E-state index contributed by atoms with van der Waals surface area (Å²) >= 11 is 0. The molecule has 0 heterocycles. The highest BCUT2D eigenvalue weighted by Crippen LogP contribution is 2.10. The Morgan fingerprint density at radius 2 is 2.05 bits per heavy atom. The van der Waals surface area contributed by atoms with E-state index in [-0.39, 0.29) is 24.2 Å². The quantitative estimate of drug-likeness (QED) is 0.774. The molecule has 0 bridgehead atoms. The van der Waals surface area contributed by atoms with Crippen LogP contribution in [0.15, 0.2) is 24.3 Å². The lowest BCUT2D eigenvalue weighted by atomic mass is 10.2. The summed E-state index contributed by atoms with van der Waals surface area (Å²) in [6.45, 7) is 1.09. The van der Waals surface area contributed by atoms with E-state index in [4.69, 9.17) is 15.2 Å². The number of hydrogen-bond acceptors (Lipinski definition) is 4. The highest BCUT2D eigenvalue weighted by atomic mass is 19.1. The molecule has 0 aliphatic rings. The second-order valence-electron chi connectivity index (χ2n) is 4.42. The van der Waals surface area contributed by atoms with E-state index in [1.807, 2.05) is 0 Å². The van der Waals surface area contributed by atoms with Crippen molar-refractivity contribution in [2.45, 2.75) is 12.5 Å². The molecule has 5 nitrogen and oxygen atoms in total. The minimum atomic E-state index is -0.308. The van der Waals surface area contributed by atoms with E-state index >= 15 is 0 Å². The zero-order chi connectivity index (χ0) is 15.0. The van der Waals surface area contributed by atoms with Crippen LogP contribution in [0.5, 0.6) is 5.75 Å². The Kier molecular flexibility index (Phi) is 6.97. The molecule has 0 saturated carbocycles. The summed E-state index contributed by atoms with van der Waals surface area (Å²) in [7, 11) is 3.22. The van der Waals surface area contributed by atoms with Crippen molar-refractivity contribution >= 4 is 5.91 Å². The molecule has 6 heteroatoms. The lowest BCUT2D eigenvalue weighted by Crippen LogP contribution is -2.35. The molecule has 112 valence electrons. The van der Waals surface area contributed by atoms with E-state index in [9.17, 15) is 9.18 Å². The summed E-state index contributed by atoms with van der Waals surface area (Å²) in [5.41, 5.74) is 5.47. The van der Waals surface area contributed by atoms with Crippen LogP contribution in [0.4, 0.5) is 4.39 Å². The van der Waals surface area contributed by atoms with Crippen molar-refractivity contribution in [3.63, 3.8) is 0 Å². The number of ether oxygens (including phenoxy) is 2. The highest BCUT2D eigenvalue weighted by Gasteiger charge is 2.15. The molecule has 1 amide bonds. The van der Waals surface area contributed by atoms with Gasteiger partial charge in [-0.05, 0) is 24.3 Å². The van der Waals surface area contributed by atoms with Crippen molar-refractivity contribution in [2.24, 2.45) is 5.73 Å². The summed E-state index contributed by atoms with van der Waals surface area (Å²) in [5, 5.41) is 0. The fourth-order valence-electron chi connectivity index (χ4n) is 1.57. The van der Waals surface area contributed by atoms with Crippen molar-refractivity contribution < 1.29 is 18.7 Å². The fraction of sp³-hybridized carbons (Fsp3) is 0.500. The fourth-order valence-corrected chi connectivity index (χ4v) is 1.57. The van der Waals surface area contributed by atoms with E-state index in [0.29, 0.717) is 25.4 Å². The standard InChI is InChI=1S/C14H21FN2O3/c1-17(14(18)9-13(10-16)19-2)7-8-20-12-5-3-11(15)4-6-12/h3-6,13H,7-10,16H2,1-2H3. The third-order valence-electron chi connectivity index (χ3n) is 2.93. The third-order valence-corrected chi connectivity index (χ3v) is 2.93. The topological polar surface area (TPSA) is 64.8 Å². The molecule has 2 N–H and O–H groups in total. The van der Waals surface area contributed by atoms with Gasteiger partial charge in [0, 0.05) is 20.7 Å². The predicted molar refractivity (Wildman–Crippen MR) is 74.0 cm³/mol. The number of carbonyl (C=O) groups is 1. The van der Waals surface area contributed by atoms with Gasteiger partial charge in [0.1, 0.15) is 18.2 Å². The smallest absolute Gasteiger partial charge is 0.225 e. The first-order valence-corrected chi connectivity index (χ1v) is 6.42. The van der Waals surface area contributed by atoms with Crippen LogP contribution in [0.25, 0.3) is 0 Å². The molecule has 1 atom stereocenters. The number of methoxy groups -OCH3 is 1. The molecule has 1 aromatic carbocycles. The molecule has 0 aliphatic heterocycles. The maximum atomic E-state index is 12.7. The predicted octanol–water partition coefficient (Wildman–Crippen LogP) is 1.03. The molecular weight excluding hydrogens is 263 g/mol. The molecular formula is C14H21FN2O3. The van der Waals surface area contributed by atoms with Crippen LogP contribution in [0, 0.1) is 5.82 Å². The van der Waals surface area contributed by atoms with Gasteiger partial charge < -0.3 is 20.1 Å². The summed E-state index contributed by atoms with van der Waals surface area (Å²) < 4.78 is 23.2. The molecule has 0 radical (unpaired) electrons. The number of halogens is 1. The van der Waals surface area contributed by atoms with Gasteiger partial charge in [-0.2, -0.15) is 0 Å². The molecule has 0 fully saturated rings. The maximum absolute atomic E-state index is 12.7. The number of likely N-dealkylation sites (N-methyl/N-ethyl adjacent to an activating group) is 1. The van der Waals surface area contributed by atoms with Crippen LogP contribution in [0.3, 0.4) is 0 Å². The third kappa shape index (κ3) is 5.54. The Labute approximate surface area is 118 Å². The highest BCUT2D eigenvalue weighted by molar-refractivity contribution is 5.76. The molecule has 1 unspecified atom stereocenters. The van der Waals surface area contributed by atoms with Gasteiger partial charge in [-0.1, -0.05) is 0 Å². The summed E-state index contributed by atoms with van der Waals surface area (Å²) in [4.78, 5) is 13.4. The Balaban J connectivity index is 2.30. The zero-order valence-electron chi connectivity index (χ0n) is 11.8. The minimum Gasteiger partial charge on any atom is -0.492 e.